The molecule has 0 saturated heterocycles. The Morgan fingerprint density at radius 1 is 0.241 bits per heavy atom. The third kappa shape index (κ3) is 85.6. The van der Waals surface area contributed by atoms with Gasteiger partial charge in [-0.3, -0.25) is 37.3 Å². The third-order valence-corrected chi connectivity index (χ3v) is 25.9. The van der Waals surface area contributed by atoms with Crippen LogP contribution in [-0.4, -0.2) is 96.7 Å². The van der Waals surface area contributed by atoms with Gasteiger partial charge >= 0.3 is 39.5 Å². The van der Waals surface area contributed by atoms with Crippen LogP contribution in [0.2, 0.25) is 0 Å². The fourth-order valence-corrected chi connectivity index (χ4v) is 16.8. The van der Waals surface area contributed by atoms with Crippen LogP contribution in [-0.2, 0) is 65.4 Å². The molecule has 0 aliphatic heterocycles. The number of carbonyl (C=O) groups excluding carboxylic acids is 4. The largest absolute Gasteiger partial charge is 0.472 e. The highest BCUT2D eigenvalue weighted by Crippen LogP contribution is 2.45. The number of aliphatic hydroxyl groups excluding tert-OH is 1. The third-order valence-electron chi connectivity index (χ3n) is 24.0. The van der Waals surface area contributed by atoms with Crippen LogP contribution in [0, 0.1) is 17.8 Å². The van der Waals surface area contributed by atoms with Gasteiger partial charge in [0.05, 0.1) is 26.4 Å². The number of ether oxygens (including phenoxy) is 4. The van der Waals surface area contributed by atoms with Gasteiger partial charge in [-0.1, -0.05) is 472 Å². The summed E-state index contributed by atoms with van der Waals surface area (Å²) in [5.74, 6) is 0.380. The van der Waals surface area contributed by atoms with E-state index in [0.29, 0.717) is 25.7 Å². The topological polar surface area (TPSA) is 237 Å². The number of carbonyl (C=O) groups is 4. The number of esters is 4. The molecular formula is C97H190O17P2. The number of rotatable bonds is 95. The van der Waals surface area contributed by atoms with Crippen LogP contribution in [0.1, 0.15) is 524 Å². The van der Waals surface area contributed by atoms with E-state index in [-0.39, 0.29) is 25.7 Å². The van der Waals surface area contributed by atoms with E-state index in [2.05, 4.69) is 48.5 Å². The van der Waals surface area contributed by atoms with Crippen molar-refractivity contribution in [3.05, 3.63) is 0 Å². The van der Waals surface area contributed by atoms with E-state index in [9.17, 15) is 43.2 Å². The van der Waals surface area contributed by atoms with Gasteiger partial charge in [0.2, 0.25) is 0 Å². The lowest BCUT2D eigenvalue weighted by molar-refractivity contribution is -0.161. The molecule has 19 heteroatoms. The van der Waals surface area contributed by atoms with Crippen molar-refractivity contribution in [2.45, 2.75) is 542 Å². The van der Waals surface area contributed by atoms with Crippen molar-refractivity contribution in [2.75, 3.05) is 39.6 Å². The lowest BCUT2D eigenvalue weighted by atomic mass is 9.99. The highest BCUT2D eigenvalue weighted by molar-refractivity contribution is 7.47. The molecule has 8 atom stereocenters. The fourth-order valence-electron chi connectivity index (χ4n) is 15.2. The Hall–Kier alpha value is -1.94. The van der Waals surface area contributed by atoms with E-state index in [1.54, 1.807) is 0 Å². The summed E-state index contributed by atoms with van der Waals surface area (Å²) in [6.07, 6.45) is 82.2. The SMILES string of the molecule is CCCCCCCCCCCCCCCCCCCCCCCCC(=O)O[C@H](COC(=O)CCCCCCCCC(C)CC)COP(=O)(O)OC[C@H](O)COP(=O)(O)OC[C@@H](COC(=O)CCCCCCCCCCCCCCCCCCCCC(C)CC)OC(=O)CCCCCCCCCCCCCCCCCCCCC(C)CC. The summed E-state index contributed by atoms with van der Waals surface area (Å²) in [6, 6.07) is 0. The summed E-state index contributed by atoms with van der Waals surface area (Å²) in [7, 11) is -9.94. The van der Waals surface area contributed by atoms with E-state index in [4.69, 9.17) is 37.0 Å². The van der Waals surface area contributed by atoms with E-state index in [1.165, 1.54) is 327 Å². The van der Waals surface area contributed by atoms with Crippen LogP contribution in [0.4, 0.5) is 0 Å². The molecule has 116 heavy (non-hydrogen) atoms. The zero-order valence-corrected chi connectivity index (χ0v) is 78.8. The second-order valence-corrected chi connectivity index (χ2v) is 38.5. The summed E-state index contributed by atoms with van der Waals surface area (Å²) in [4.78, 5) is 73.6. The van der Waals surface area contributed by atoms with E-state index >= 15 is 0 Å². The molecular weight excluding hydrogens is 1500 g/mol. The maximum absolute atomic E-state index is 13.2. The molecule has 0 rings (SSSR count). The van der Waals surface area contributed by atoms with Gasteiger partial charge < -0.3 is 33.8 Å². The highest BCUT2D eigenvalue weighted by atomic mass is 31.2. The average Bonchev–Trinajstić information content (AvgIpc) is 0.897. The van der Waals surface area contributed by atoms with Crippen LogP contribution >= 0.6 is 15.6 Å². The highest BCUT2D eigenvalue weighted by Gasteiger charge is 2.31. The molecule has 0 spiro atoms. The van der Waals surface area contributed by atoms with Crippen LogP contribution in [0.25, 0.3) is 0 Å². The first-order chi connectivity index (χ1) is 56.3. The second-order valence-electron chi connectivity index (χ2n) is 35.5. The molecule has 690 valence electrons. The Bertz CT molecular complexity index is 2220. The lowest BCUT2D eigenvalue weighted by Gasteiger charge is -2.21. The Morgan fingerprint density at radius 2 is 0.414 bits per heavy atom. The van der Waals surface area contributed by atoms with Gasteiger partial charge in [-0.05, 0) is 43.4 Å². The van der Waals surface area contributed by atoms with Crippen LogP contribution in [0.5, 0.6) is 0 Å². The van der Waals surface area contributed by atoms with Gasteiger partial charge in [0.15, 0.2) is 12.2 Å². The molecule has 3 N–H and O–H groups in total. The van der Waals surface area contributed by atoms with Crippen LogP contribution in [0.15, 0.2) is 0 Å². The van der Waals surface area contributed by atoms with Gasteiger partial charge in [0, 0.05) is 25.7 Å². The standard InChI is InChI=1S/C97H190O17P2/c1-8-12-13-14-15-16-17-18-19-20-21-22-23-24-32-37-42-47-52-57-67-74-81-97(102)114-93(85-108-95(100)79-72-65-60-59-63-70-77-90(7)11-4)87-112-116(105,106)110-83-91(98)82-109-115(103,104)111-86-92(113-96(101)80-73-66-58-53-48-43-38-33-28-26-30-35-40-45-50-55-62-69-76-89(6)10-3)84-107-94(99)78-71-64-56-51-46-41-36-31-27-25-29-34-39-44-49-54-61-68-75-88(5)9-2/h88-93,98H,8-87H2,1-7H3,(H,103,104)(H,105,106)/t88?,89?,90?,91-,92-,93-/m1/s1. The first kappa shape index (κ1) is 114. The van der Waals surface area contributed by atoms with Crippen molar-refractivity contribution < 1.29 is 80.2 Å². The number of unbranched alkanes of at least 4 members (excludes halogenated alkanes) is 60. The molecule has 0 heterocycles. The Balaban J connectivity index is 5.20. The number of phosphoric acid groups is 2. The minimum absolute atomic E-state index is 0.108. The molecule has 0 amide bonds. The molecule has 0 fully saturated rings. The summed E-state index contributed by atoms with van der Waals surface area (Å²) >= 11 is 0. The van der Waals surface area contributed by atoms with Gasteiger partial charge in [-0.25, -0.2) is 9.13 Å². The van der Waals surface area contributed by atoms with E-state index < -0.39 is 97.5 Å². The normalized spacial score (nSPS) is 14.4. The first-order valence-electron chi connectivity index (χ1n) is 50.0. The number of hydrogen-bond donors (Lipinski definition) is 3. The van der Waals surface area contributed by atoms with E-state index in [0.717, 1.165) is 114 Å². The molecule has 17 nitrogen and oxygen atoms in total. The number of hydrogen-bond acceptors (Lipinski definition) is 15. The van der Waals surface area contributed by atoms with Crippen molar-refractivity contribution in [2.24, 2.45) is 17.8 Å². The minimum atomic E-state index is -4.97. The quantitative estimate of drug-likeness (QED) is 0.0222. The Kier molecular flexibility index (Phi) is 85.1. The van der Waals surface area contributed by atoms with Gasteiger partial charge in [0.25, 0.3) is 0 Å². The molecule has 0 aromatic heterocycles. The fraction of sp³-hybridized carbons (Fsp3) is 0.959. The van der Waals surface area contributed by atoms with Crippen molar-refractivity contribution in [1.82, 2.24) is 0 Å². The van der Waals surface area contributed by atoms with Crippen molar-refractivity contribution in [3.8, 4) is 0 Å². The molecule has 0 saturated carbocycles. The summed E-state index contributed by atoms with van der Waals surface area (Å²) in [5.41, 5.74) is 0. The zero-order valence-electron chi connectivity index (χ0n) is 77.0. The average molecular weight is 1690 g/mol. The maximum Gasteiger partial charge on any atom is 0.472 e. The Labute approximate surface area is 715 Å². The molecule has 0 aromatic carbocycles. The minimum Gasteiger partial charge on any atom is -0.462 e. The Morgan fingerprint density at radius 3 is 0.612 bits per heavy atom. The monoisotopic (exact) mass is 1690 g/mol. The zero-order chi connectivity index (χ0) is 85.0. The van der Waals surface area contributed by atoms with Gasteiger partial charge in [0.1, 0.15) is 19.3 Å². The molecule has 0 radical (unpaired) electrons. The summed E-state index contributed by atoms with van der Waals surface area (Å²) in [5, 5.41) is 10.7. The smallest absolute Gasteiger partial charge is 0.462 e. The van der Waals surface area contributed by atoms with Gasteiger partial charge in [-0.15, -0.1) is 0 Å². The number of aliphatic hydroxyl groups is 1. The molecule has 0 aromatic rings. The van der Waals surface area contributed by atoms with Crippen molar-refractivity contribution in [1.29, 1.82) is 0 Å². The number of phosphoric ester groups is 2. The molecule has 0 aliphatic carbocycles. The van der Waals surface area contributed by atoms with Crippen LogP contribution < -0.4 is 0 Å². The summed E-state index contributed by atoms with van der Waals surface area (Å²) in [6.45, 7) is 12.1. The van der Waals surface area contributed by atoms with Crippen molar-refractivity contribution in [3.63, 3.8) is 0 Å². The molecule has 0 aliphatic rings. The first-order valence-corrected chi connectivity index (χ1v) is 53.0. The van der Waals surface area contributed by atoms with Crippen molar-refractivity contribution >= 4 is 39.5 Å². The van der Waals surface area contributed by atoms with E-state index in [1.807, 2.05) is 0 Å². The second kappa shape index (κ2) is 86.6. The van der Waals surface area contributed by atoms with Crippen LogP contribution in [0.3, 0.4) is 0 Å². The molecule has 5 unspecified atom stereocenters. The predicted octanol–water partition coefficient (Wildman–Crippen LogP) is 30.4. The maximum atomic E-state index is 13.2. The predicted molar refractivity (Wildman–Crippen MR) is 483 cm³/mol. The van der Waals surface area contributed by atoms with Gasteiger partial charge in [-0.2, -0.15) is 0 Å². The molecule has 0 bridgehead atoms. The summed E-state index contributed by atoms with van der Waals surface area (Å²) < 4.78 is 69.2. The lowest BCUT2D eigenvalue weighted by Crippen LogP contribution is -2.30.